The van der Waals surface area contributed by atoms with Crippen LogP contribution < -0.4 is 0 Å². The molecule has 0 unspecified atom stereocenters. The summed E-state index contributed by atoms with van der Waals surface area (Å²) in [6.07, 6.45) is 5.46. The van der Waals surface area contributed by atoms with E-state index in [1.54, 1.807) is 11.3 Å². The molecule has 1 aliphatic heterocycles. The molecule has 0 N–H and O–H groups in total. The third kappa shape index (κ3) is 2.36. The van der Waals surface area contributed by atoms with Gasteiger partial charge in [-0.3, -0.25) is 9.69 Å². The molecule has 118 valence electrons. The van der Waals surface area contributed by atoms with E-state index in [1.165, 1.54) is 30.4 Å². The average Bonchev–Trinajstić information content (AvgIpc) is 3.26. The van der Waals surface area contributed by atoms with Crippen LogP contribution in [-0.2, 0) is 7.05 Å². The van der Waals surface area contributed by atoms with Crippen LogP contribution in [0, 0.1) is 0 Å². The van der Waals surface area contributed by atoms with E-state index in [4.69, 9.17) is 0 Å². The fourth-order valence-electron chi connectivity index (χ4n) is 3.98. The van der Waals surface area contributed by atoms with Crippen LogP contribution in [0.2, 0.25) is 0 Å². The number of carbonyl (C=O) groups is 1. The van der Waals surface area contributed by atoms with Crippen LogP contribution in [0.4, 0.5) is 0 Å². The van der Waals surface area contributed by atoms with Gasteiger partial charge in [-0.2, -0.15) is 0 Å². The molecule has 22 heavy (non-hydrogen) atoms. The number of piperazine rings is 1. The Morgan fingerprint density at radius 3 is 2.59 bits per heavy atom. The fourth-order valence-corrected chi connectivity index (χ4v) is 4.83. The highest BCUT2D eigenvalue weighted by Gasteiger charge is 2.29. The van der Waals surface area contributed by atoms with E-state index in [1.807, 2.05) is 22.6 Å². The number of amides is 1. The lowest BCUT2D eigenvalue weighted by atomic mass is 10.1. The molecule has 0 aromatic carbocycles. The molecular formula is C17H23N3OS. The highest BCUT2D eigenvalue weighted by Crippen LogP contribution is 2.27. The first kappa shape index (κ1) is 14.3. The highest BCUT2D eigenvalue weighted by molar-refractivity contribution is 7.17. The Bertz CT molecular complexity index is 675. The standard InChI is InChI=1S/C17H23N3OS/c1-18-14-6-11-22-16(14)12-15(18)17(21)20-9-7-19(8-10-20)13-4-2-3-5-13/h6,11-13H,2-5,7-10H2,1H3. The van der Waals surface area contributed by atoms with Crippen LogP contribution in [0.25, 0.3) is 10.2 Å². The van der Waals surface area contributed by atoms with Crippen molar-refractivity contribution < 1.29 is 4.79 Å². The van der Waals surface area contributed by atoms with Gasteiger partial charge in [-0.25, -0.2) is 0 Å². The fraction of sp³-hybridized carbons (Fsp3) is 0.588. The maximum atomic E-state index is 12.8. The van der Waals surface area contributed by atoms with Crippen molar-refractivity contribution in [3.63, 3.8) is 0 Å². The topological polar surface area (TPSA) is 28.5 Å². The lowest BCUT2D eigenvalue weighted by Gasteiger charge is -2.38. The Balaban J connectivity index is 1.45. The first-order chi connectivity index (χ1) is 10.7. The van der Waals surface area contributed by atoms with Gasteiger partial charge in [0, 0.05) is 39.3 Å². The molecule has 0 bridgehead atoms. The van der Waals surface area contributed by atoms with Gasteiger partial charge in [0.25, 0.3) is 5.91 Å². The van der Waals surface area contributed by atoms with Crippen molar-refractivity contribution in [3.8, 4) is 0 Å². The van der Waals surface area contributed by atoms with E-state index >= 15 is 0 Å². The number of fused-ring (bicyclic) bond motifs is 1. The normalized spacial score (nSPS) is 21.0. The van der Waals surface area contributed by atoms with Gasteiger partial charge in [0.1, 0.15) is 5.69 Å². The Hall–Kier alpha value is -1.33. The molecule has 3 heterocycles. The number of carbonyl (C=O) groups excluding carboxylic acids is 1. The number of hydrogen-bond donors (Lipinski definition) is 0. The zero-order valence-corrected chi connectivity index (χ0v) is 13.9. The Morgan fingerprint density at radius 2 is 1.91 bits per heavy atom. The first-order valence-corrected chi connectivity index (χ1v) is 9.18. The zero-order valence-electron chi connectivity index (χ0n) is 13.1. The van der Waals surface area contributed by atoms with E-state index in [9.17, 15) is 4.79 Å². The molecule has 4 rings (SSSR count). The third-order valence-electron chi connectivity index (χ3n) is 5.33. The second-order valence-electron chi connectivity index (χ2n) is 6.53. The predicted octanol–water partition coefficient (Wildman–Crippen LogP) is 2.94. The zero-order chi connectivity index (χ0) is 15.1. The summed E-state index contributed by atoms with van der Waals surface area (Å²) in [4.78, 5) is 17.4. The molecule has 1 amide bonds. The molecule has 1 aliphatic carbocycles. The van der Waals surface area contributed by atoms with Crippen molar-refractivity contribution in [2.24, 2.45) is 7.05 Å². The highest BCUT2D eigenvalue weighted by atomic mass is 32.1. The molecular weight excluding hydrogens is 294 g/mol. The van der Waals surface area contributed by atoms with E-state index in [2.05, 4.69) is 16.3 Å². The predicted molar refractivity (Wildman–Crippen MR) is 90.5 cm³/mol. The van der Waals surface area contributed by atoms with Gasteiger partial charge >= 0.3 is 0 Å². The van der Waals surface area contributed by atoms with Gasteiger partial charge in [-0.05, 0) is 30.4 Å². The monoisotopic (exact) mass is 317 g/mol. The second-order valence-corrected chi connectivity index (χ2v) is 7.47. The number of aryl methyl sites for hydroxylation is 1. The molecule has 2 aromatic rings. The molecule has 4 nitrogen and oxygen atoms in total. The summed E-state index contributed by atoms with van der Waals surface area (Å²) in [6, 6.07) is 4.91. The molecule has 1 saturated heterocycles. The van der Waals surface area contributed by atoms with Gasteiger partial charge in [0.15, 0.2) is 0 Å². The second kappa shape index (κ2) is 5.70. The van der Waals surface area contributed by atoms with E-state index in [0.29, 0.717) is 0 Å². The smallest absolute Gasteiger partial charge is 0.270 e. The summed E-state index contributed by atoms with van der Waals surface area (Å²) in [5.74, 6) is 0.192. The molecule has 2 aliphatic rings. The minimum absolute atomic E-state index is 0.192. The number of aromatic nitrogens is 1. The molecule has 0 radical (unpaired) electrons. The van der Waals surface area contributed by atoms with Crippen LogP contribution in [-0.4, -0.2) is 52.5 Å². The molecule has 1 saturated carbocycles. The van der Waals surface area contributed by atoms with Crippen molar-refractivity contribution in [1.82, 2.24) is 14.4 Å². The Morgan fingerprint density at radius 1 is 1.18 bits per heavy atom. The summed E-state index contributed by atoms with van der Waals surface area (Å²) in [6.45, 7) is 3.81. The van der Waals surface area contributed by atoms with Gasteiger partial charge in [0.05, 0.1) is 10.2 Å². The van der Waals surface area contributed by atoms with Crippen LogP contribution in [0.15, 0.2) is 17.5 Å². The Kier molecular flexibility index (Phi) is 3.70. The molecule has 2 aromatic heterocycles. The van der Waals surface area contributed by atoms with E-state index < -0.39 is 0 Å². The minimum Gasteiger partial charge on any atom is -0.339 e. The summed E-state index contributed by atoms with van der Waals surface area (Å²) in [5, 5.41) is 2.08. The lowest BCUT2D eigenvalue weighted by molar-refractivity contribution is 0.0565. The molecule has 0 atom stereocenters. The maximum absolute atomic E-state index is 12.8. The van der Waals surface area contributed by atoms with Gasteiger partial charge in [0.2, 0.25) is 0 Å². The maximum Gasteiger partial charge on any atom is 0.270 e. The lowest BCUT2D eigenvalue weighted by Crippen LogP contribution is -2.51. The van der Waals surface area contributed by atoms with Crippen LogP contribution in [0.5, 0.6) is 0 Å². The van der Waals surface area contributed by atoms with Crippen molar-refractivity contribution >= 4 is 27.5 Å². The summed E-state index contributed by atoms with van der Waals surface area (Å²) in [5.41, 5.74) is 1.99. The van der Waals surface area contributed by atoms with Crippen LogP contribution >= 0.6 is 11.3 Å². The van der Waals surface area contributed by atoms with E-state index in [0.717, 1.165) is 43.4 Å². The number of hydrogen-bond acceptors (Lipinski definition) is 3. The summed E-state index contributed by atoms with van der Waals surface area (Å²) in [7, 11) is 2.00. The van der Waals surface area contributed by atoms with Gasteiger partial charge in [-0.1, -0.05) is 12.8 Å². The van der Waals surface area contributed by atoms with Gasteiger partial charge in [-0.15, -0.1) is 11.3 Å². The summed E-state index contributed by atoms with van der Waals surface area (Å²) < 4.78 is 3.24. The van der Waals surface area contributed by atoms with Crippen molar-refractivity contribution in [2.45, 2.75) is 31.7 Å². The van der Waals surface area contributed by atoms with Gasteiger partial charge < -0.3 is 9.47 Å². The van der Waals surface area contributed by atoms with Crippen molar-refractivity contribution in [2.75, 3.05) is 26.2 Å². The van der Waals surface area contributed by atoms with Crippen molar-refractivity contribution in [3.05, 3.63) is 23.2 Å². The minimum atomic E-state index is 0.192. The number of nitrogens with zero attached hydrogens (tertiary/aromatic N) is 3. The van der Waals surface area contributed by atoms with Crippen LogP contribution in [0.3, 0.4) is 0 Å². The third-order valence-corrected chi connectivity index (χ3v) is 6.18. The average molecular weight is 317 g/mol. The largest absolute Gasteiger partial charge is 0.339 e. The molecule has 5 heteroatoms. The quantitative estimate of drug-likeness (QED) is 0.852. The first-order valence-electron chi connectivity index (χ1n) is 8.30. The number of thiophene rings is 1. The molecule has 0 spiro atoms. The summed E-state index contributed by atoms with van der Waals surface area (Å²) >= 11 is 1.70. The molecule has 2 fully saturated rings. The van der Waals surface area contributed by atoms with Crippen LogP contribution in [0.1, 0.15) is 36.2 Å². The SMILES string of the molecule is Cn1c(C(=O)N2CCN(C3CCCC3)CC2)cc2sccc21. The Labute approximate surface area is 135 Å². The van der Waals surface area contributed by atoms with E-state index in [-0.39, 0.29) is 5.91 Å². The van der Waals surface area contributed by atoms with Crippen molar-refractivity contribution in [1.29, 1.82) is 0 Å². The number of rotatable bonds is 2.